The highest BCUT2D eigenvalue weighted by atomic mass is 35.5. The SMILES string of the molecule is O=C(NCCOc1ccc(S(=O)(=O)C2(C(=O)NO)CCOCC2)cc1)c1ccc(-c2cc(C(F)(F)F)ccc2Cl)o1. The van der Waals surface area contributed by atoms with Crippen molar-refractivity contribution in [1.82, 2.24) is 10.8 Å². The lowest BCUT2D eigenvalue weighted by Crippen LogP contribution is -2.54. The number of nitrogens with one attached hydrogen (secondary N) is 2. The van der Waals surface area contributed by atoms with Crippen molar-refractivity contribution in [2.75, 3.05) is 26.4 Å². The van der Waals surface area contributed by atoms with E-state index in [1.807, 2.05) is 0 Å². The molecule has 1 aromatic heterocycles. The maximum absolute atomic E-state index is 13.3. The van der Waals surface area contributed by atoms with Crippen LogP contribution in [0.2, 0.25) is 5.02 Å². The predicted molar refractivity (Wildman–Crippen MR) is 138 cm³/mol. The Bertz CT molecular complexity index is 1520. The third kappa shape index (κ3) is 6.35. The normalized spacial score (nSPS) is 15.2. The molecule has 41 heavy (non-hydrogen) atoms. The van der Waals surface area contributed by atoms with Crippen LogP contribution < -0.4 is 15.5 Å². The van der Waals surface area contributed by atoms with E-state index in [0.717, 1.165) is 18.2 Å². The summed E-state index contributed by atoms with van der Waals surface area (Å²) in [6.07, 6.45) is -4.82. The Morgan fingerprint density at radius 3 is 2.37 bits per heavy atom. The Labute approximate surface area is 237 Å². The smallest absolute Gasteiger partial charge is 0.416 e. The van der Waals surface area contributed by atoms with Crippen LogP contribution in [0, 0.1) is 0 Å². The number of benzene rings is 2. The lowest BCUT2D eigenvalue weighted by Gasteiger charge is -2.34. The van der Waals surface area contributed by atoms with E-state index < -0.39 is 38.1 Å². The first-order valence-electron chi connectivity index (χ1n) is 12.1. The van der Waals surface area contributed by atoms with Crippen molar-refractivity contribution < 1.29 is 50.3 Å². The van der Waals surface area contributed by atoms with Crippen LogP contribution in [-0.2, 0) is 25.5 Å². The minimum atomic E-state index is -4.58. The first-order valence-corrected chi connectivity index (χ1v) is 14.0. The van der Waals surface area contributed by atoms with Gasteiger partial charge in [0.1, 0.15) is 18.1 Å². The number of alkyl halides is 3. The summed E-state index contributed by atoms with van der Waals surface area (Å²) in [4.78, 5) is 24.6. The summed E-state index contributed by atoms with van der Waals surface area (Å²) in [7, 11) is -4.19. The highest BCUT2D eigenvalue weighted by Gasteiger charge is 2.52. The van der Waals surface area contributed by atoms with Crippen molar-refractivity contribution in [3.05, 3.63) is 70.9 Å². The van der Waals surface area contributed by atoms with E-state index in [2.05, 4.69) is 5.32 Å². The number of ether oxygens (including phenoxy) is 2. The summed E-state index contributed by atoms with van der Waals surface area (Å²) >= 11 is 6.02. The largest absolute Gasteiger partial charge is 0.492 e. The minimum Gasteiger partial charge on any atom is -0.492 e. The number of hydrogen-bond acceptors (Lipinski definition) is 8. The van der Waals surface area contributed by atoms with Gasteiger partial charge in [-0.15, -0.1) is 0 Å². The van der Waals surface area contributed by atoms with Crippen LogP contribution in [0.1, 0.15) is 29.0 Å². The molecule has 1 saturated heterocycles. The summed E-state index contributed by atoms with van der Waals surface area (Å²) in [5.74, 6) is -1.56. The van der Waals surface area contributed by atoms with E-state index in [0.29, 0.717) is 0 Å². The summed E-state index contributed by atoms with van der Waals surface area (Å²) in [5.41, 5.74) is 0.516. The van der Waals surface area contributed by atoms with Crippen molar-refractivity contribution in [2.45, 2.75) is 28.7 Å². The van der Waals surface area contributed by atoms with Gasteiger partial charge in [-0.1, -0.05) is 11.6 Å². The van der Waals surface area contributed by atoms with E-state index >= 15 is 0 Å². The van der Waals surface area contributed by atoms with Gasteiger partial charge in [0, 0.05) is 18.8 Å². The quantitative estimate of drug-likeness (QED) is 0.184. The fourth-order valence-corrected chi connectivity index (χ4v) is 6.43. The van der Waals surface area contributed by atoms with Crippen molar-refractivity contribution >= 4 is 33.3 Å². The van der Waals surface area contributed by atoms with Crippen molar-refractivity contribution in [3.8, 4) is 17.1 Å². The molecular weight excluding hydrogens is 593 g/mol. The molecule has 15 heteroatoms. The number of carbonyl (C=O) groups is 2. The van der Waals surface area contributed by atoms with Crippen molar-refractivity contribution in [1.29, 1.82) is 0 Å². The van der Waals surface area contributed by atoms with Gasteiger partial charge in [0.15, 0.2) is 20.3 Å². The summed E-state index contributed by atoms with van der Waals surface area (Å²) < 4.78 is 80.0. The number of sulfone groups is 1. The predicted octanol–water partition coefficient (Wildman–Crippen LogP) is 4.26. The second-order valence-corrected chi connectivity index (χ2v) is 11.7. The molecule has 0 aliphatic carbocycles. The highest BCUT2D eigenvalue weighted by Crippen LogP contribution is 2.37. The first-order chi connectivity index (χ1) is 19.4. The number of rotatable bonds is 9. The zero-order chi connectivity index (χ0) is 29.8. The number of furan rings is 1. The van der Waals surface area contributed by atoms with Crippen molar-refractivity contribution in [3.63, 3.8) is 0 Å². The van der Waals surface area contributed by atoms with E-state index in [-0.39, 0.29) is 72.0 Å². The fourth-order valence-electron chi connectivity index (χ4n) is 4.28. The zero-order valence-corrected chi connectivity index (χ0v) is 22.7. The Kier molecular flexibility index (Phi) is 8.97. The van der Waals surface area contributed by atoms with Gasteiger partial charge in [-0.2, -0.15) is 13.2 Å². The molecule has 2 amide bonds. The molecule has 0 saturated carbocycles. The van der Waals surface area contributed by atoms with Gasteiger partial charge in [0.25, 0.3) is 11.8 Å². The number of hydroxylamine groups is 1. The highest BCUT2D eigenvalue weighted by molar-refractivity contribution is 7.93. The van der Waals surface area contributed by atoms with Crippen LogP contribution in [0.4, 0.5) is 13.2 Å². The monoisotopic (exact) mass is 616 g/mol. The molecule has 0 bridgehead atoms. The molecule has 3 aromatic rings. The molecule has 0 spiro atoms. The molecule has 2 aromatic carbocycles. The molecule has 4 rings (SSSR count). The van der Waals surface area contributed by atoms with Gasteiger partial charge in [0.2, 0.25) is 0 Å². The Morgan fingerprint density at radius 1 is 1.05 bits per heavy atom. The average Bonchev–Trinajstić information content (AvgIpc) is 3.45. The lowest BCUT2D eigenvalue weighted by molar-refractivity contribution is -0.137. The molecule has 0 atom stereocenters. The Morgan fingerprint density at radius 2 is 1.73 bits per heavy atom. The van der Waals surface area contributed by atoms with Crippen LogP contribution in [0.25, 0.3) is 11.3 Å². The summed E-state index contributed by atoms with van der Waals surface area (Å²) in [5, 5.41) is 11.7. The fraction of sp³-hybridized carbons (Fsp3) is 0.308. The zero-order valence-electron chi connectivity index (χ0n) is 21.2. The first kappa shape index (κ1) is 30.4. The maximum Gasteiger partial charge on any atom is 0.416 e. The van der Waals surface area contributed by atoms with E-state index in [1.54, 1.807) is 0 Å². The molecule has 0 radical (unpaired) electrons. The lowest BCUT2D eigenvalue weighted by atomic mass is 9.98. The van der Waals surface area contributed by atoms with Gasteiger partial charge in [-0.3, -0.25) is 14.8 Å². The molecule has 220 valence electrons. The van der Waals surface area contributed by atoms with Crippen LogP contribution in [0.3, 0.4) is 0 Å². The molecule has 2 heterocycles. The van der Waals surface area contributed by atoms with Crippen LogP contribution in [0.15, 0.2) is 63.9 Å². The van der Waals surface area contributed by atoms with Gasteiger partial charge in [0.05, 0.1) is 22.0 Å². The van der Waals surface area contributed by atoms with Gasteiger partial charge in [-0.25, -0.2) is 13.9 Å². The maximum atomic E-state index is 13.3. The van der Waals surface area contributed by atoms with Gasteiger partial charge < -0.3 is 19.2 Å². The molecule has 10 nitrogen and oxygen atoms in total. The number of halogens is 4. The minimum absolute atomic E-state index is 0.0129. The van der Waals surface area contributed by atoms with E-state index in [9.17, 15) is 31.2 Å². The van der Waals surface area contributed by atoms with E-state index in [1.165, 1.54) is 41.9 Å². The number of hydrogen-bond donors (Lipinski definition) is 3. The van der Waals surface area contributed by atoms with Gasteiger partial charge in [-0.05, 0) is 67.4 Å². The third-order valence-electron chi connectivity index (χ3n) is 6.51. The van der Waals surface area contributed by atoms with Crippen molar-refractivity contribution in [2.24, 2.45) is 0 Å². The number of carbonyl (C=O) groups excluding carboxylic acids is 2. The number of amides is 2. The molecule has 1 aliphatic rings. The van der Waals surface area contributed by atoms with Gasteiger partial charge >= 0.3 is 6.18 Å². The molecule has 1 aliphatic heterocycles. The standard InChI is InChI=1S/C26H24ClF3N2O8S/c27-20-6-1-16(26(28,29)30)15-19(20)21-7-8-22(40-21)23(33)31-11-14-39-17-2-4-18(5-3-17)41(36,37)25(24(34)32-35)9-12-38-13-10-25/h1-8,15,35H,9-14H2,(H,31,33)(H,32,34). The summed E-state index contributed by atoms with van der Waals surface area (Å²) in [6, 6.07) is 10.7. The molecular formula is C26H24ClF3N2O8S. The molecule has 0 unspecified atom stereocenters. The van der Waals surface area contributed by atoms with Crippen LogP contribution in [-0.4, -0.2) is 56.6 Å². The average molecular weight is 617 g/mol. The second-order valence-electron chi connectivity index (χ2n) is 8.98. The molecule has 3 N–H and O–H groups in total. The summed E-state index contributed by atoms with van der Waals surface area (Å²) in [6.45, 7) is 0.0772. The topological polar surface area (TPSA) is 144 Å². The van der Waals surface area contributed by atoms with Crippen LogP contribution >= 0.6 is 11.6 Å². The Balaban J connectivity index is 1.34. The Hall–Kier alpha value is -3.59. The molecule has 1 fully saturated rings. The van der Waals surface area contributed by atoms with Crippen LogP contribution in [0.5, 0.6) is 5.75 Å². The third-order valence-corrected chi connectivity index (χ3v) is 9.35. The second kappa shape index (κ2) is 12.1. The van der Waals surface area contributed by atoms with E-state index in [4.69, 9.17) is 30.7 Å².